The molecular formula is C4H7NO3. The molecule has 0 heterocycles. The molecular weight excluding hydrogens is 110 g/mol. The van der Waals surface area contributed by atoms with Crippen LogP contribution in [0, 0.1) is 0 Å². The van der Waals surface area contributed by atoms with E-state index in [4.69, 9.17) is 5.11 Å². The minimum Gasteiger partial charge on any atom is -0.478 e. The molecule has 0 amide bonds. The maximum Gasteiger partial charge on any atom is 0.328 e. The first-order chi connectivity index (χ1) is 3.77. The zero-order valence-corrected chi connectivity index (χ0v) is 4.20. The molecule has 0 bridgehead atoms. The predicted molar refractivity (Wildman–Crippen MR) is 26.9 cm³/mol. The molecule has 0 spiro atoms. The molecule has 0 aliphatic carbocycles. The van der Waals surface area contributed by atoms with Gasteiger partial charge in [0.15, 0.2) is 0 Å². The van der Waals surface area contributed by atoms with Gasteiger partial charge in [0.05, 0.1) is 6.61 Å². The summed E-state index contributed by atoms with van der Waals surface area (Å²) in [6, 6.07) is 0. The second-order valence-corrected chi connectivity index (χ2v) is 1.07. The second kappa shape index (κ2) is 4.29. The summed E-state index contributed by atoms with van der Waals surface area (Å²) in [5.74, 6) is 3.57. The molecule has 8 heavy (non-hydrogen) atoms. The van der Waals surface area contributed by atoms with E-state index in [9.17, 15) is 4.79 Å². The fourth-order valence-electron chi connectivity index (χ4n) is 0.204. The number of nitrogens with two attached hydrogens (primary N) is 1. The van der Waals surface area contributed by atoms with E-state index in [-0.39, 0.29) is 6.61 Å². The van der Waals surface area contributed by atoms with Crippen LogP contribution in [0.25, 0.3) is 0 Å². The monoisotopic (exact) mass is 117 g/mol. The number of carboxylic acids is 1. The van der Waals surface area contributed by atoms with E-state index in [1.165, 1.54) is 6.08 Å². The highest BCUT2D eigenvalue weighted by Crippen LogP contribution is 1.70. The van der Waals surface area contributed by atoms with Gasteiger partial charge in [-0.1, -0.05) is 0 Å². The average Bonchev–Trinajstić information content (AvgIpc) is 1.66. The Hall–Kier alpha value is -0.870. The third kappa shape index (κ3) is 5.13. The maximum absolute atomic E-state index is 9.69. The predicted octanol–water partition coefficient (Wildman–Crippen LogP) is -0.482. The Morgan fingerprint density at radius 2 is 2.50 bits per heavy atom. The van der Waals surface area contributed by atoms with Gasteiger partial charge in [0, 0.05) is 6.08 Å². The van der Waals surface area contributed by atoms with E-state index in [0.717, 1.165) is 6.08 Å². The summed E-state index contributed by atoms with van der Waals surface area (Å²) in [6.07, 6.45) is 2.27. The third-order valence-electron chi connectivity index (χ3n) is 0.453. The zero-order valence-electron chi connectivity index (χ0n) is 4.20. The Bertz CT molecular complexity index is 99.5. The van der Waals surface area contributed by atoms with Gasteiger partial charge in [0.25, 0.3) is 0 Å². The van der Waals surface area contributed by atoms with E-state index < -0.39 is 5.97 Å². The van der Waals surface area contributed by atoms with Crippen LogP contribution in [0.4, 0.5) is 0 Å². The Balaban J connectivity index is 3.20. The van der Waals surface area contributed by atoms with Crippen molar-refractivity contribution < 1.29 is 14.7 Å². The quantitative estimate of drug-likeness (QED) is 0.386. The second-order valence-electron chi connectivity index (χ2n) is 1.07. The van der Waals surface area contributed by atoms with Gasteiger partial charge in [-0.25, -0.2) is 10.7 Å². The van der Waals surface area contributed by atoms with E-state index in [2.05, 4.69) is 10.7 Å². The molecule has 4 nitrogen and oxygen atoms in total. The smallest absolute Gasteiger partial charge is 0.328 e. The number of rotatable bonds is 3. The SMILES string of the molecule is NOC/C=C/C(=O)O. The lowest BCUT2D eigenvalue weighted by molar-refractivity contribution is -0.131. The largest absolute Gasteiger partial charge is 0.478 e. The van der Waals surface area contributed by atoms with Crippen molar-refractivity contribution in [3.8, 4) is 0 Å². The van der Waals surface area contributed by atoms with Crippen LogP contribution in [0.3, 0.4) is 0 Å². The summed E-state index contributed by atoms with van der Waals surface area (Å²) in [7, 11) is 0. The lowest BCUT2D eigenvalue weighted by Crippen LogP contribution is -1.98. The van der Waals surface area contributed by atoms with Crippen LogP contribution in [-0.2, 0) is 9.63 Å². The molecule has 0 aliphatic heterocycles. The van der Waals surface area contributed by atoms with Gasteiger partial charge in [-0.2, -0.15) is 0 Å². The molecule has 0 unspecified atom stereocenters. The Kier molecular flexibility index (Phi) is 3.83. The van der Waals surface area contributed by atoms with Crippen molar-refractivity contribution >= 4 is 5.97 Å². The molecule has 0 aliphatic rings. The number of carboxylic acid groups (broad SMARTS) is 1. The number of aliphatic carboxylic acids is 1. The van der Waals surface area contributed by atoms with Gasteiger partial charge in [-0.3, -0.25) is 0 Å². The van der Waals surface area contributed by atoms with E-state index in [0.29, 0.717) is 0 Å². The van der Waals surface area contributed by atoms with Gasteiger partial charge < -0.3 is 9.94 Å². The van der Waals surface area contributed by atoms with Crippen LogP contribution in [0.5, 0.6) is 0 Å². The molecule has 0 saturated carbocycles. The van der Waals surface area contributed by atoms with Crippen molar-refractivity contribution in [3.63, 3.8) is 0 Å². The topological polar surface area (TPSA) is 72.5 Å². The number of hydrogen-bond acceptors (Lipinski definition) is 3. The van der Waals surface area contributed by atoms with Crippen LogP contribution in [0.1, 0.15) is 0 Å². The molecule has 0 aromatic carbocycles. The normalized spacial score (nSPS) is 10.1. The van der Waals surface area contributed by atoms with E-state index >= 15 is 0 Å². The summed E-state index contributed by atoms with van der Waals surface area (Å²) in [4.78, 5) is 13.7. The first-order valence-corrected chi connectivity index (χ1v) is 1.98. The van der Waals surface area contributed by atoms with Gasteiger partial charge in [0.1, 0.15) is 0 Å². The van der Waals surface area contributed by atoms with Crippen LogP contribution < -0.4 is 5.90 Å². The molecule has 4 heteroatoms. The zero-order chi connectivity index (χ0) is 6.41. The van der Waals surface area contributed by atoms with Crippen molar-refractivity contribution in [3.05, 3.63) is 12.2 Å². The summed E-state index contributed by atoms with van der Waals surface area (Å²) in [6.45, 7) is 0.131. The number of carbonyl (C=O) groups is 1. The first-order valence-electron chi connectivity index (χ1n) is 1.98. The first kappa shape index (κ1) is 7.13. The lowest BCUT2D eigenvalue weighted by atomic mass is 10.5. The van der Waals surface area contributed by atoms with Gasteiger partial charge in [-0.15, -0.1) is 0 Å². The van der Waals surface area contributed by atoms with Gasteiger partial charge in [-0.05, 0) is 6.08 Å². The summed E-state index contributed by atoms with van der Waals surface area (Å²) in [5, 5.41) is 7.96. The molecule has 0 radical (unpaired) electrons. The summed E-state index contributed by atoms with van der Waals surface area (Å²) >= 11 is 0. The van der Waals surface area contributed by atoms with Crippen molar-refractivity contribution in [2.75, 3.05) is 6.61 Å². The Labute approximate surface area is 46.5 Å². The highest BCUT2D eigenvalue weighted by molar-refractivity contribution is 5.79. The minimum atomic E-state index is -0.998. The molecule has 3 N–H and O–H groups in total. The molecule has 0 atom stereocenters. The fourth-order valence-corrected chi connectivity index (χ4v) is 0.204. The van der Waals surface area contributed by atoms with Crippen LogP contribution in [-0.4, -0.2) is 17.7 Å². The van der Waals surface area contributed by atoms with Crippen LogP contribution >= 0.6 is 0 Å². The van der Waals surface area contributed by atoms with Gasteiger partial charge in [0.2, 0.25) is 0 Å². The van der Waals surface area contributed by atoms with E-state index in [1.807, 2.05) is 0 Å². The maximum atomic E-state index is 9.69. The lowest BCUT2D eigenvalue weighted by Gasteiger charge is -1.82. The molecule has 0 saturated heterocycles. The third-order valence-corrected chi connectivity index (χ3v) is 0.453. The number of hydrogen-bond donors (Lipinski definition) is 2. The van der Waals surface area contributed by atoms with Crippen LogP contribution in [0.2, 0.25) is 0 Å². The summed E-state index contributed by atoms with van der Waals surface area (Å²) < 4.78 is 0. The molecule has 0 fully saturated rings. The minimum absolute atomic E-state index is 0.131. The summed E-state index contributed by atoms with van der Waals surface area (Å²) in [5.41, 5.74) is 0. The van der Waals surface area contributed by atoms with E-state index in [1.54, 1.807) is 0 Å². The fraction of sp³-hybridized carbons (Fsp3) is 0.250. The average molecular weight is 117 g/mol. The van der Waals surface area contributed by atoms with Crippen molar-refractivity contribution in [1.29, 1.82) is 0 Å². The van der Waals surface area contributed by atoms with Crippen molar-refractivity contribution in [1.82, 2.24) is 0 Å². The highest BCUT2D eigenvalue weighted by Gasteiger charge is 1.81. The molecule has 0 rings (SSSR count). The molecule has 0 aromatic rings. The Morgan fingerprint density at radius 1 is 1.88 bits per heavy atom. The molecule has 46 valence electrons. The Morgan fingerprint density at radius 3 is 2.88 bits per heavy atom. The van der Waals surface area contributed by atoms with Gasteiger partial charge >= 0.3 is 5.97 Å². The van der Waals surface area contributed by atoms with Crippen LogP contribution in [0.15, 0.2) is 12.2 Å². The van der Waals surface area contributed by atoms with Crippen molar-refractivity contribution in [2.24, 2.45) is 5.90 Å². The van der Waals surface area contributed by atoms with Crippen molar-refractivity contribution in [2.45, 2.75) is 0 Å². The molecule has 0 aromatic heterocycles. The standard InChI is InChI=1S/C4H7NO3/c5-8-3-1-2-4(6)7/h1-2H,3,5H2,(H,6,7)/b2-1+. The highest BCUT2D eigenvalue weighted by atomic mass is 16.6.